The highest BCUT2D eigenvalue weighted by Gasteiger charge is 2.15. The molecule has 0 bridgehead atoms. The first kappa shape index (κ1) is 57.2. The second-order valence-corrected chi connectivity index (χ2v) is 19.6. The topological polar surface area (TPSA) is 67.9 Å². The Kier molecular flexibility index (Phi) is 42.3. The third-order valence-electron chi connectivity index (χ3n) is 11.5. The Labute approximate surface area is 367 Å². The lowest BCUT2D eigenvalue weighted by Gasteiger charge is -2.23. The van der Waals surface area contributed by atoms with Gasteiger partial charge in [-0.25, -0.2) is 0 Å². The van der Waals surface area contributed by atoms with E-state index in [1.807, 2.05) is 11.9 Å². The maximum absolute atomic E-state index is 12.9. The van der Waals surface area contributed by atoms with Gasteiger partial charge >= 0.3 is 11.9 Å². The number of hydrogen-bond acceptors (Lipinski definition) is 7. The molecule has 0 rings (SSSR count). The molecule has 0 aliphatic rings. The van der Waals surface area contributed by atoms with Crippen molar-refractivity contribution < 1.29 is 19.1 Å². The average molecular weight is 839 g/mol. The minimum atomic E-state index is 0.00834. The van der Waals surface area contributed by atoms with Crippen molar-refractivity contribution in [3.05, 3.63) is 0 Å². The second kappa shape index (κ2) is 42.9. The minimum absolute atomic E-state index is 0.00834. The number of nitrogens with zero attached hydrogens (tertiary/aromatic N) is 1. The van der Waals surface area contributed by atoms with Crippen LogP contribution < -0.4 is 4.72 Å². The number of hydrogen-bond donors (Lipinski definition) is 1. The van der Waals surface area contributed by atoms with Gasteiger partial charge in [-0.1, -0.05) is 174 Å². The summed E-state index contributed by atoms with van der Waals surface area (Å²) in [6.45, 7) is 19.1. The lowest BCUT2D eigenvalue weighted by Crippen LogP contribution is -2.31. The molecule has 0 heterocycles. The zero-order valence-corrected chi connectivity index (χ0v) is 41.0. The highest BCUT2D eigenvalue weighted by Crippen LogP contribution is 2.19. The van der Waals surface area contributed by atoms with Gasteiger partial charge in [-0.2, -0.15) is 0 Å². The van der Waals surface area contributed by atoms with Crippen molar-refractivity contribution in [1.82, 2.24) is 9.62 Å². The monoisotopic (exact) mass is 839 g/mol. The first-order valence-corrected chi connectivity index (χ1v) is 26.6. The molecule has 1 atom stereocenters. The Morgan fingerprint density at radius 2 is 0.810 bits per heavy atom. The van der Waals surface area contributed by atoms with Crippen LogP contribution in [-0.4, -0.2) is 60.0 Å². The molecule has 0 aromatic heterocycles. The maximum Gasteiger partial charge on any atom is 0.306 e. The molecule has 0 radical (unpaired) electrons. The fourth-order valence-electron chi connectivity index (χ4n) is 7.79. The maximum atomic E-state index is 12.9. The largest absolute Gasteiger partial charge is 0.462 e. The molecule has 0 spiro atoms. The van der Waals surface area contributed by atoms with Crippen molar-refractivity contribution in [3.63, 3.8) is 0 Å². The van der Waals surface area contributed by atoms with Gasteiger partial charge in [-0.05, 0) is 117 Å². The Morgan fingerprint density at radius 3 is 1.22 bits per heavy atom. The lowest BCUT2D eigenvalue weighted by molar-refractivity contribution is -0.150. The van der Waals surface area contributed by atoms with E-state index in [1.165, 1.54) is 174 Å². The molecule has 346 valence electrons. The Balaban J connectivity index is 4.44. The van der Waals surface area contributed by atoms with E-state index in [4.69, 9.17) is 9.47 Å². The lowest BCUT2D eigenvalue weighted by atomic mass is 10.0. The van der Waals surface area contributed by atoms with Crippen LogP contribution in [0.2, 0.25) is 0 Å². The SMILES string of the molecule is CCCCCCCCC(CC)OC(=O)CCCCCCCN(CCCCCCCC(=O)OC(CCCCCCCC)CCCCCCCC)CCCSNC(C)(C)C. The zero-order chi connectivity index (χ0) is 42.8. The van der Waals surface area contributed by atoms with Gasteiger partial charge in [-0.3, -0.25) is 14.3 Å². The molecule has 0 aromatic carbocycles. The predicted octanol–water partition coefficient (Wildman–Crippen LogP) is 15.9. The van der Waals surface area contributed by atoms with E-state index in [9.17, 15) is 9.59 Å². The van der Waals surface area contributed by atoms with Crippen LogP contribution in [-0.2, 0) is 19.1 Å². The van der Waals surface area contributed by atoms with Crippen molar-refractivity contribution in [2.24, 2.45) is 0 Å². The van der Waals surface area contributed by atoms with Crippen LogP contribution >= 0.6 is 11.9 Å². The number of carbonyl (C=O) groups is 2. The van der Waals surface area contributed by atoms with Gasteiger partial charge in [0.1, 0.15) is 12.2 Å². The van der Waals surface area contributed by atoms with Crippen molar-refractivity contribution in [3.8, 4) is 0 Å². The molecular formula is C51H102N2O4S. The van der Waals surface area contributed by atoms with Gasteiger partial charge in [-0.15, -0.1) is 0 Å². The normalized spacial score (nSPS) is 12.5. The molecule has 0 amide bonds. The van der Waals surface area contributed by atoms with E-state index in [1.54, 1.807) is 0 Å². The summed E-state index contributed by atoms with van der Waals surface area (Å²) in [5, 5.41) is 0. The first-order chi connectivity index (χ1) is 28.1. The minimum Gasteiger partial charge on any atom is -0.462 e. The number of unbranched alkanes of at least 4 members (excludes halogenated alkanes) is 23. The van der Waals surface area contributed by atoms with Crippen molar-refractivity contribution in [1.29, 1.82) is 0 Å². The number of rotatable bonds is 45. The van der Waals surface area contributed by atoms with Crippen molar-refractivity contribution >= 4 is 23.9 Å². The Hall–Kier alpha value is -0.790. The molecular weight excluding hydrogens is 737 g/mol. The summed E-state index contributed by atoms with van der Waals surface area (Å²) in [4.78, 5) is 28.0. The molecule has 0 saturated carbocycles. The van der Waals surface area contributed by atoms with Crippen LogP contribution in [0.3, 0.4) is 0 Å². The summed E-state index contributed by atoms with van der Waals surface area (Å²) in [5.41, 5.74) is 0.145. The molecule has 0 fully saturated rings. The fourth-order valence-corrected chi connectivity index (χ4v) is 8.60. The molecule has 58 heavy (non-hydrogen) atoms. The molecule has 0 aromatic rings. The van der Waals surface area contributed by atoms with Gasteiger partial charge in [0.15, 0.2) is 0 Å². The summed E-state index contributed by atoms with van der Waals surface area (Å²) in [5.74, 6) is 1.18. The molecule has 1 unspecified atom stereocenters. The third kappa shape index (κ3) is 41.9. The molecule has 6 nitrogen and oxygen atoms in total. The Morgan fingerprint density at radius 1 is 0.466 bits per heavy atom. The number of nitrogens with one attached hydrogen (secondary N) is 1. The summed E-state index contributed by atoms with van der Waals surface area (Å²) < 4.78 is 15.5. The van der Waals surface area contributed by atoms with Gasteiger partial charge in [0.2, 0.25) is 0 Å². The quantitative estimate of drug-likeness (QED) is 0.0372. The van der Waals surface area contributed by atoms with Crippen molar-refractivity contribution in [2.75, 3.05) is 25.4 Å². The van der Waals surface area contributed by atoms with Crippen LogP contribution in [0.1, 0.15) is 273 Å². The highest BCUT2D eigenvalue weighted by molar-refractivity contribution is 7.97. The van der Waals surface area contributed by atoms with Crippen molar-refractivity contribution in [2.45, 2.75) is 291 Å². The summed E-state index contributed by atoms with van der Waals surface area (Å²) in [6, 6.07) is 0. The van der Waals surface area contributed by atoms with Crippen LogP contribution in [0.15, 0.2) is 0 Å². The van der Waals surface area contributed by atoms with Crippen LogP contribution in [0, 0.1) is 0 Å². The number of carbonyl (C=O) groups excluding carboxylic acids is 2. The number of ether oxygens (including phenoxy) is 2. The molecule has 7 heteroatoms. The van der Waals surface area contributed by atoms with E-state index in [0.717, 1.165) is 63.7 Å². The fraction of sp³-hybridized carbons (Fsp3) is 0.961. The molecule has 0 aliphatic carbocycles. The van der Waals surface area contributed by atoms with Gasteiger partial charge < -0.3 is 14.4 Å². The van der Waals surface area contributed by atoms with Crippen LogP contribution in [0.25, 0.3) is 0 Å². The number of esters is 2. The van der Waals surface area contributed by atoms with Gasteiger partial charge in [0.25, 0.3) is 0 Å². The van der Waals surface area contributed by atoms with Crippen LogP contribution in [0.4, 0.5) is 0 Å². The second-order valence-electron chi connectivity index (χ2n) is 18.7. The predicted molar refractivity (Wildman–Crippen MR) is 256 cm³/mol. The standard InChI is InChI=1S/C51H102N2O4S/c1-8-12-15-18-23-30-38-47(11-4)56-49(54)41-33-26-21-28-35-43-53(45-37-46-58-52-51(5,6)7)44-36-29-22-27-34-42-50(55)57-48(39-31-24-19-16-13-9-2)40-32-25-20-17-14-10-3/h47-48,52H,8-46H2,1-7H3. The molecule has 0 aliphatic heterocycles. The van der Waals surface area contributed by atoms with Crippen LogP contribution in [0.5, 0.6) is 0 Å². The third-order valence-corrected chi connectivity index (χ3v) is 12.7. The highest BCUT2D eigenvalue weighted by atomic mass is 32.2. The van der Waals surface area contributed by atoms with E-state index in [0.29, 0.717) is 12.8 Å². The smallest absolute Gasteiger partial charge is 0.306 e. The van der Waals surface area contributed by atoms with Gasteiger partial charge in [0.05, 0.1) is 0 Å². The van der Waals surface area contributed by atoms with E-state index in [-0.39, 0.29) is 29.7 Å². The summed E-state index contributed by atoms with van der Waals surface area (Å²) >= 11 is 1.86. The van der Waals surface area contributed by atoms with Gasteiger partial charge in [0, 0.05) is 24.1 Å². The molecule has 0 saturated heterocycles. The molecule has 1 N–H and O–H groups in total. The Bertz CT molecular complexity index is 865. The van der Waals surface area contributed by atoms with E-state index in [2.05, 4.69) is 58.1 Å². The summed E-state index contributed by atoms with van der Waals surface area (Å²) in [7, 11) is 0. The average Bonchev–Trinajstić information content (AvgIpc) is 3.19. The zero-order valence-electron chi connectivity index (χ0n) is 40.2. The van der Waals surface area contributed by atoms with E-state index < -0.39 is 0 Å². The summed E-state index contributed by atoms with van der Waals surface area (Å²) in [6.07, 6.45) is 41.3. The van der Waals surface area contributed by atoms with E-state index >= 15 is 0 Å². The first-order valence-electron chi connectivity index (χ1n) is 25.6.